The van der Waals surface area contributed by atoms with Gasteiger partial charge in [-0.25, -0.2) is 0 Å². The summed E-state index contributed by atoms with van der Waals surface area (Å²) in [6, 6.07) is 33.2. The predicted octanol–water partition coefficient (Wildman–Crippen LogP) is 7.37. The summed E-state index contributed by atoms with van der Waals surface area (Å²) in [5, 5.41) is 24.7. The molecule has 5 aromatic carbocycles. The van der Waals surface area contributed by atoms with Crippen molar-refractivity contribution in [1.82, 2.24) is 9.80 Å². The molecule has 1 spiro atoms. The maximum absolute atomic E-state index is 16.2. The summed E-state index contributed by atoms with van der Waals surface area (Å²) in [5.74, 6) is 5.33. The molecular weight excluding hydrogens is 847 g/mol. The number of carbonyl (C=O) groups excluding carboxylic acids is 3. The number of cyclic esters (lactones) is 1. The average Bonchev–Trinajstić information content (AvgIpc) is 3.73. The van der Waals surface area contributed by atoms with Gasteiger partial charge in [-0.15, -0.1) is 0 Å². The highest BCUT2D eigenvalue weighted by molar-refractivity contribution is 6.12. The predicted molar refractivity (Wildman–Crippen MR) is 250 cm³/mol. The molecule has 5 aliphatic rings. The Morgan fingerprint density at radius 2 is 1.49 bits per heavy atom. The molecule has 0 aromatic heterocycles. The van der Waals surface area contributed by atoms with Crippen LogP contribution in [0.5, 0.6) is 17.2 Å². The van der Waals surface area contributed by atoms with Gasteiger partial charge in [0.25, 0.3) is 0 Å². The van der Waals surface area contributed by atoms with Crippen molar-refractivity contribution in [2.75, 3.05) is 39.3 Å². The van der Waals surface area contributed by atoms with Gasteiger partial charge >= 0.3 is 5.97 Å². The van der Waals surface area contributed by atoms with Gasteiger partial charge in [0.2, 0.25) is 11.8 Å². The second-order valence-corrected chi connectivity index (χ2v) is 18.3. The molecule has 1 saturated carbocycles. The maximum atomic E-state index is 16.2. The minimum Gasteiger partial charge on any atom is -0.493 e. The van der Waals surface area contributed by atoms with E-state index in [4.69, 9.17) is 18.9 Å². The van der Waals surface area contributed by atoms with Crippen LogP contribution in [0.4, 0.5) is 5.69 Å². The smallest absolute Gasteiger partial charge is 0.324 e. The molecule has 3 fully saturated rings. The fourth-order valence-electron chi connectivity index (χ4n) is 11.5. The fraction of sp³-hybridized carbons (Fsp3) is 0.364. The largest absolute Gasteiger partial charge is 0.493 e. The molecule has 5 aromatic rings. The van der Waals surface area contributed by atoms with E-state index in [-0.39, 0.29) is 25.7 Å². The van der Waals surface area contributed by atoms with E-state index in [1.54, 1.807) is 25.2 Å². The van der Waals surface area contributed by atoms with E-state index in [0.717, 1.165) is 47.9 Å². The van der Waals surface area contributed by atoms with Crippen LogP contribution in [-0.2, 0) is 37.5 Å². The Bertz CT molecular complexity index is 2740. The van der Waals surface area contributed by atoms with Crippen LogP contribution >= 0.6 is 0 Å². The Labute approximate surface area is 390 Å². The molecule has 0 bridgehead atoms. The number of amides is 2. The molecule has 67 heavy (non-hydrogen) atoms. The SMILES string of the molecule is COc1cc2c(cc1OC)CN(C(=O)[C@@H]1[C@H]3C(=O)O[C@H](c4ccccc4)[C@H](c4ccccc4)N3[C@H](c3cccc(OCCO)c3)[C@@]13C(=O)Nc1ccc(C#CC4(O)CCCCCC4)cc13)CC2. The van der Waals surface area contributed by atoms with Crippen LogP contribution in [-0.4, -0.2) is 83.4 Å². The first-order chi connectivity index (χ1) is 32.7. The summed E-state index contributed by atoms with van der Waals surface area (Å²) in [5.41, 5.74) is 2.79. The van der Waals surface area contributed by atoms with Gasteiger partial charge in [-0.1, -0.05) is 97.5 Å². The number of methoxy groups -OCH3 is 2. The lowest BCUT2D eigenvalue weighted by molar-refractivity contribution is -0.179. The van der Waals surface area contributed by atoms with Gasteiger partial charge in [-0.3, -0.25) is 19.3 Å². The first kappa shape index (κ1) is 44.2. The van der Waals surface area contributed by atoms with Crippen molar-refractivity contribution < 1.29 is 43.5 Å². The van der Waals surface area contributed by atoms with Crippen LogP contribution in [0.2, 0.25) is 0 Å². The third kappa shape index (κ3) is 7.78. The molecule has 0 radical (unpaired) electrons. The molecule has 4 aliphatic heterocycles. The molecule has 3 N–H and O–H groups in total. The van der Waals surface area contributed by atoms with Gasteiger partial charge in [0.15, 0.2) is 11.5 Å². The molecule has 12 nitrogen and oxygen atoms in total. The average molecular weight is 902 g/mol. The summed E-state index contributed by atoms with van der Waals surface area (Å²) in [6.45, 7) is 0.339. The second-order valence-electron chi connectivity index (χ2n) is 18.3. The van der Waals surface area contributed by atoms with Crippen molar-refractivity contribution in [1.29, 1.82) is 0 Å². The number of rotatable bonds is 9. The minimum atomic E-state index is -1.75. The highest BCUT2D eigenvalue weighted by Crippen LogP contribution is 2.65. The van der Waals surface area contributed by atoms with Crippen molar-refractivity contribution in [2.45, 2.75) is 86.7 Å². The number of anilines is 1. The number of nitrogens with one attached hydrogen (secondary N) is 1. The number of nitrogens with zero attached hydrogens (tertiary/aromatic N) is 2. The molecule has 0 unspecified atom stereocenters. The number of aliphatic hydroxyl groups is 2. The highest BCUT2D eigenvalue weighted by atomic mass is 16.6. The van der Waals surface area contributed by atoms with Crippen molar-refractivity contribution in [3.05, 3.63) is 154 Å². The summed E-state index contributed by atoms with van der Waals surface area (Å²) >= 11 is 0. The highest BCUT2D eigenvalue weighted by Gasteiger charge is 2.74. The molecule has 4 heterocycles. The number of hydrogen-bond donors (Lipinski definition) is 3. The van der Waals surface area contributed by atoms with E-state index in [1.165, 1.54) is 0 Å². The number of fused-ring (bicyclic) bond motifs is 4. The van der Waals surface area contributed by atoms with Gasteiger partial charge in [0.1, 0.15) is 35.5 Å². The van der Waals surface area contributed by atoms with Crippen molar-refractivity contribution in [3.8, 4) is 29.1 Å². The van der Waals surface area contributed by atoms with Crippen LogP contribution in [0.3, 0.4) is 0 Å². The maximum Gasteiger partial charge on any atom is 0.324 e. The number of morpholine rings is 1. The number of esters is 1. The van der Waals surface area contributed by atoms with E-state index in [0.29, 0.717) is 65.4 Å². The first-order valence-corrected chi connectivity index (χ1v) is 23.3. The van der Waals surface area contributed by atoms with Gasteiger partial charge < -0.3 is 39.4 Å². The summed E-state index contributed by atoms with van der Waals surface area (Å²) in [6.07, 6.45) is 4.66. The number of ether oxygens (including phenoxy) is 4. The van der Waals surface area contributed by atoms with E-state index in [9.17, 15) is 10.2 Å². The third-order valence-electron chi connectivity index (χ3n) is 14.5. The van der Waals surface area contributed by atoms with Gasteiger partial charge in [0, 0.05) is 24.3 Å². The van der Waals surface area contributed by atoms with Crippen LogP contribution in [0.1, 0.15) is 95.7 Å². The van der Waals surface area contributed by atoms with E-state index < -0.39 is 53.0 Å². The lowest BCUT2D eigenvalue weighted by Crippen LogP contribution is -2.56. The molecule has 6 atom stereocenters. The third-order valence-corrected chi connectivity index (χ3v) is 14.5. The van der Waals surface area contributed by atoms with Crippen LogP contribution < -0.4 is 19.5 Å². The van der Waals surface area contributed by atoms with Crippen LogP contribution in [0, 0.1) is 17.8 Å². The summed E-state index contributed by atoms with van der Waals surface area (Å²) in [7, 11) is 3.16. The Kier molecular flexibility index (Phi) is 12.0. The Morgan fingerprint density at radius 3 is 2.19 bits per heavy atom. The van der Waals surface area contributed by atoms with E-state index in [2.05, 4.69) is 22.1 Å². The normalized spacial score (nSPS) is 25.1. The van der Waals surface area contributed by atoms with Crippen LogP contribution in [0.15, 0.2) is 115 Å². The zero-order valence-corrected chi connectivity index (χ0v) is 37.8. The Balaban J connectivity index is 1.22. The number of carbonyl (C=O) groups is 3. The molecule has 1 aliphatic carbocycles. The molecule has 344 valence electrons. The Hall–Kier alpha value is -6.65. The minimum absolute atomic E-state index is 0.0343. The summed E-state index contributed by atoms with van der Waals surface area (Å²) in [4.78, 5) is 51.3. The lowest BCUT2D eigenvalue weighted by Gasteiger charge is -2.46. The quantitative estimate of drug-likeness (QED) is 0.0779. The van der Waals surface area contributed by atoms with Gasteiger partial charge in [-0.2, -0.15) is 0 Å². The summed E-state index contributed by atoms with van der Waals surface area (Å²) < 4.78 is 24.0. The van der Waals surface area contributed by atoms with E-state index >= 15 is 14.4 Å². The standard InChI is InChI=1S/C55H55N3O9/c1-64-44-32-38-23-27-57(34-40(38)33-45(44)65-2)51(60)46-48-52(61)67-49(37-16-9-6-10-17-37)47(36-14-7-5-8-15-36)58(48)50(39-18-13-19-41(31-39)66-29-28-59)55(46)42-30-35(20-21-43(42)56-53(55)62)22-26-54(63)24-11-3-4-12-25-54/h5-10,13-21,30-33,46-50,59,63H,3-4,11-12,23-25,27-29,34H2,1-2H3,(H,56,62)/t46-,47-,48-,49+,50+,55-/m0/s1. The van der Waals surface area contributed by atoms with Crippen molar-refractivity contribution >= 4 is 23.5 Å². The topological polar surface area (TPSA) is 147 Å². The Morgan fingerprint density at radius 1 is 0.806 bits per heavy atom. The van der Waals surface area contributed by atoms with Gasteiger partial charge in [0.05, 0.1) is 38.8 Å². The van der Waals surface area contributed by atoms with Crippen molar-refractivity contribution in [3.63, 3.8) is 0 Å². The second kappa shape index (κ2) is 18.2. The lowest BCUT2D eigenvalue weighted by atomic mass is 9.64. The fourth-order valence-corrected chi connectivity index (χ4v) is 11.5. The monoisotopic (exact) mass is 901 g/mol. The zero-order chi connectivity index (χ0) is 46.3. The number of benzene rings is 5. The molecular formula is C55H55N3O9. The zero-order valence-electron chi connectivity index (χ0n) is 37.8. The molecule has 2 amide bonds. The number of aliphatic hydroxyl groups excluding tert-OH is 1. The van der Waals surface area contributed by atoms with Crippen molar-refractivity contribution in [2.24, 2.45) is 5.92 Å². The molecule has 2 saturated heterocycles. The first-order valence-electron chi connectivity index (χ1n) is 23.3. The number of hydrogen-bond acceptors (Lipinski definition) is 10. The molecule has 12 heteroatoms. The van der Waals surface area contributed by atoms with Gasteiger partial charge in [-0.05, 0) is 108 Å². The van der Waals surface area contributed by atoms with Crippen LogP contribution in [0.25, 0.3) is 0 Å². The molecule has 10 rings (SSSR count). The van der Waals surface area contributed by atoms with E-state index in [1.807, 2.05) is 109 Å².